The maximum atomic E-state index is 13.4. The summed E-state index contributed by atoms with van der Waals surface area (Å²) in [6.07, 6.45) is 0. The first-order valence-electron chi connectivity index (χ1n) is 6.64. The van der Waals surface area contributed by atoms with Gasteiger partial charge in [-0.25, -0.2) is 4.39 Å². The van der Waals surface area contributed by atoms with Gasteiger partial charge in [-0.1, -0.05) is 15.9 Å². The average Bonchev–Trinajstić information content (AvgIpc) is 2.48. The first-order chi connectivity index (χ1) is 10.1. The zero-order valence-electron chi connectivity index (χ0n) is 11.5. The first-order valence-corrected chi connectivity index (χ1v) is 7.43. The number of benzene rings is 2. The fourth-order valence-corrected chi connectivity index (χ4v) is 2.75. The highest BCUT2D eigenvalue weighted by Gasteiger charge is 2.26. The van der Waals surface area contributed by atoms with E-state index in [4.69, 9.17) is 0 Å². The minimum atomic E-state index is -0.293. The Morgan fingerprint density at radius 3 is 2.52 bits per heavy atom. The second-order valence-corrected chi connectivity index (χ2v) is 5.93. The van der Waals surface area contributed by atoms with Crippen molar-refractivity contribution in [3.05, 3.63) is 58.3 Å². The van der Waals surface area contributed by atoms with Crippen LogP contribution in [0.4, 0.5) is 15.8 Å². The van der Waals surface area contributed by atoms with E-state index < -0.39 is 0 Å². The third-order valence-corrected chi connectivity index (χ3v) is 4.16. The summed E-state index contributed by atoms with van der Waals surface area (Å²) in [6, 6.07) is 11.8. The van der Waals surface area contributed by atoms with Gasteiger partial charge in [0.2, 0.25) is 0 Å². The lowest BCUT2D eigenvalue weighted by Gasteiger charge is -2.35. The number of rotatable bonds is 1. The van der Waals surface area contributed by atoms with Gasteiger partial charge in [-0.2, -0.15) is 0 Å². The normalized spacial score (nSPS) is 14.0. The van der Waals surface area contributed by atoms with Crippen molar-refractivity contribution in [1.82, 2.24) is 0 Å². The Labute approximate surface area is 131 Å². The zero-order chi connectivity index (χ0) is 15.0. The molecule has 1 heterocycles. The maximum Gasteiger partial charge on any atom is 0.258 e. The van der Waals surface area contributed by atoms with Crippen molar-refractivity contribution in [3.63, 3.8) is 0 Å². The van der Waals surface area contributed by atoms with Gasteiger partial charge in [-0.15, -0.1) is 0 Å². The Bertz CT molecular complexity index is 687. The molecular weight excluding hydrogens is 335 g/mol. The fraction of sp³-hybridized carbons (Fsp3) is 0.188. The molecule has 2 aromatic rings. The lowest BCUT2D eigenvalue weighted by atomic mass is 10.1. The molecule has 21 heavy (non-hydrogen) atoms. The number of hydrogen-bond acceptors (Lipinski definition) is 2. The summed E-state index contributed by atoms with van der Waals surface area (Å²) in [6.45, 7) is 1.27. The van der Waals surface area contributed by atoms with Crippen LogP contribution in [0.5, 0.6) is 0 Å². The molecule has 1 aliphatic heterocycles. The topological polar surface area (TPSA) is 23.6 Å². The monoisotopic (exact) mass is 348 g/mol. The summed E-state index contributed by atoms with van der Waals surface area (Å²) < 4.78 is 14.4. The van der Waals surface area contributed by atoms with Crippen LogP contribution in [0.2, 0.25) is 0 Å². The molecule has 3 nitrogen and oxygen atoms in total. The van der Waals surface area contributed by atoms with Gasteiger partial charge >= 0.3 is 0 Å². The summed E-state index contributed by atoms with van der Waals surface area (Å²) in [5, 5.41) is 0. The molecule has 0 saturated carbocycles. The molecule has 3 rings (SSSR count). The third kappa shape index (κ3) is 2.65. The number of carbonyl (C=O) groups is 1. The first kappa shape index (κ1) is 14.1. The van der Waals surface area contributed by atoms with Crippen molar-refractivity contribution < 1.29 is 9.18 Å². The molecule has 0 radical (unpaired) electrons. The largest absolute Gasteiger partial charge is 0.371 e. The van der Waals surface area contributed by atoms with Crippen molar-refractivity contribution >= 4 is 33.2 Å². The average molecular weight is 349 g/mol. The highest BCUT2D eigenvalue weighted by atomic mass is 79.9. The van der Waals surface area contributed by atoms with Crippen LogP contribution < -0.4 is 9.80 Å². The van der Waals surface area contributed by atoms with E-state index in [0.29, 0.717) is 18.7 Å². The Hall–Kier alpha value is -1.88. The number of likely N-dealkylation sites (N-methyl/N-ethyl adjacent to an activating group) is 1. The lowest BCUT2D eigenvalue weighted by Crippen LogP contribution is -2.42. The van der Waals surface area contributed by atoms with Gasteiger partial charge in [-0.05, 0) is 42.5 Å². The van der Waals surface area contributed by atoms with E-state index in [1.165, 1.54) is 12.1 Å². The van der Waals surface area contributed by atoms with Gasteiger partial charge in [0.05, 0.1) is 11.4 Å². The summed E-state index contributed by atoms with van der Waals surface area (Å²) in [4.78, 5) is 16.3. The lowest BCUT2D eigenvalue weighted by molar-refractivity contribution is 0.0986. The zero-order valence-corrected chi connectivity index (χ0v) is 13.1. The number of halogens is 2. The summed E-state index contributed by atoms with van der Waals surface area (Å²) >= 11 is 3.36. The summed E-state index contributed by atoms with van der Waals surface area (Å²) in [5.41, 5.74) is 2.11. The molecule has 0 spiro atoms. The van der Waals surface area contributed by atoms with Gasteiger partial charge < -0.3 is 9.80 Å². The van der Waals surface area contributed by atoms with Crippen molar-refractivity contribution in [1.29, 1.82) is 0 Å². The van der Waals surface area contributed by atoms with E-state index in [9.17, 15) is 9.18 Å². The van der Waals surface area contributed by atoms with Crippen LogP contribution in [0, 0.1) is 5.82 Å². The van der Waals surface area contributed by atoms with E-state index >= 15 is 0 Å². The van der Waals surface area contributed by atoms with Crippen molar-refractivity contribution in [2.24, 2.45) is 0 Å². The maximum absolute atomic E-state index is 13.4. The van der Waals surface area contributed by atoms with Crippen LogP contribution in [0.3, 0.4) is 0 Å². The van der Waals surface area contributed by atoms with Gasteiger partial charge in [-0.3, -0.25) is 4.79 Å². The molecule has 1 aliphatic rings. The molecule has 108 valence electrons. The number of amides is 1. The van der Waals surface area contributed by atoms with E-state index in [-0.39, 0.29) is 11.7 Å². The van der Waals surface area contributed by atoms with E-state index in [0.717, 1.165) is 15.8 Å². The van der Waals surface area contributed by atoms with Crippen molar-refractivity contribution in [2.75, 3.05) is 29.9 Å². The third-order valence-electron chi connectivity index (χ3n) is 3.63. The molecule has 0 atom stereocenters. The molecule has 0 saturated heterocycles. The minimum absolute atomic E-state index is 0.0662. The van der Waals surface area contributed by atoms with Crippen molar-refractivity contribution in [3.8, 4) is 0 Å². The van der Waals surface area contributed by atoms with Crippen LogP contribution in [-0.2, 0) is 0 Å². The van der Waals surface area contributed by atoms with Gasteiger partial charge in [0, 0.05) is 30.2 Å². The SMILES string of the molecule is CN1CCN(C(=O)c2ccc(Br)cc2)c2ccc(F)cc21. The number of fused-ring (bicyclic) bond motifs is 1. The summed E-state index contributed by atoms with van der Waals surface area (Å²) in [7, 11) is 1.90. The highest BCUT2D eigenvalue weighted by Crippen LogP contribution is 2.33. The van der Waals surface area contributed by atoms with Gasteiger partial charge in [0.15, 0.2) is 0 Å². The molecule has 0 unspecified atom stereocenters. The predicted molar refractivity (Wildman–Crippen MR) is 85.5 cm³/mol. The van der Waals surface area contributed by atoms with Gasteiger partial charge in [0.25, 0.3) is 5.91 Å². The number of carbonyl (C=O) groups excluding carboxylic acids is 1. The standard InChI is InChI=1S/C16H14BrFN2O/c1-19-8-9-20(14-7-6-13(18)10-15(14)19)16(21)11-2-4-12(17)5-3-11/h2-7,10H,8-9H2,1H3. The van der Waals surface area contributed by atoms with Crippen molar-refractivity contribution in [2.45, 2.75) is 0 Å². The minimum Gasteiger partial charge on any atom is -0.371 e. The Kier molecular flexibility index (Phi) is 3.68. The summed E-state index contributed by atoms with van der Waals surface area (Å²) in [5.74, 6) is -0.359. The second kappa shape index (κ2) is 5.48. The fourth-order valence-electron chi connectivity index (χ4n) is 2.48. The van der Waals surface area contributed by atoms with Crippen LogP contribution in [0.25, 0.3) is 0 Å². The van der Waals surface area contributed by atoms with E-state index in [1.807, 2.05) is 24.1 Å². The molecule has 0 fully saturated rings. The quantitative estimate of drug-likeness (QED) is 0.784. The van der Waals surface area contributed by atoms with E-state index in [2.05, 4.69) is 15.9 Å². The number of hydrogen-bond donors (Lipinski definition) is 0. The van der Waals surface area contributed by atoms with Crippen LogP contribution in [-0.4, -0.2) is 26.0 Å². The Balaban J connectivity index is 1.99. The van der Waals surface area contributed by atoms with Gasteiger partial charge in [0.1, 0.15) is 5.82 Å². The highest BCUT2D eigenvalue weighted by molar-refractivity contribution is 9.10. The molecule has 2 aromatic carbocycles. The predicted octanol–water partition coefficient (Wildman–Crippen LogP) is 3.68. The molecule has 0 aromatic heterocycles. The van der Waals surface area contributed by atoms with Crippen LogP contribution >= 0.6 is 15.9 Å². The number of anilines is 2. The van der Waals surface area contributed by atoms with Crippen LogP contribution in [0.1, 0.15) is 10.4 Å². The molecule has 0 N–H and O–H groups in total. The molecular formula is C16H14BrFN2O. The van der Waals surface area contributed by atoms with Crippen LogP contribution in [0.15, 0.2) is 46.9 Å². The second-order valence-electron chi connectivity index (χ2n) is 5.02. The smallest absolute Gasteiger partial charge is 0.258 e. The molecule has 0 aliphatic carbocycles. The molecule has 0 bridgehead atoms. The Morgan fingerprint density at radius 2 is 1.81 bits per heavy atom. The molecule has 5 heteroatoms. The number of nitrogens with zero attached hydrogens (tertiary/aromatic N) is 2. The van der Waals surface area contributed by atoms with E-state index in [1.54, 1.807) is 23.1 Å². The Morgan fingerprint density at radius 1 is 1.10 bits per heavy atom. The molecule has 1 amide bonds.